The molecule has 36 heavy (non-hydrogen) atoms. The maximum atomic E-state index is 13.3. The lowest BCUT2D eigenvalue weighted by molar-refractivity contribution is -0.342. The van der Waals surface area contributed by atoms with Gasteiger partial charge >= 0.3 is 18.4 Å². The van der Waals surface area contributed by atoms with Crippen molar-refractivity contribution < 1.29 is 32.2 Å². The van der Waals surface area contributed by atoms with Crippen molar-refractivity contribution in [3.05, 3.63) is 88.6 Å². The predicted molar refractivity (Wildman–Crippen MR) is 130 cm³/mol. The second-order valence-corrected chi connectivity index (χ2v) is 8.76. The Labute approximate surface area is 212 Å². The van der Waals surface area contributed by atoms with Crippen molar-refractivity contribution in [2.75, 3.05) is 6.61 Å². The molecule has 0 heterocycles. The maximum Gasteiger partial charge on any atom is 0.524 e. The van der Waals surface area contributed by atoms with Crippen LogP contribution in [-0.2, 0) is 27.2 Å². The van der Waals surface area contributed by atoms with Crippen LogP contribution < -0.4 is 10.6 Å². The summed E-state index contributed by atoms with van der Waals surface area (Å²) in [5, 5.41) is 2.97. The van der Waals surface area contributed by atoms with E-state index in [0.717, 1.165) is 11.1 Å². The largest absolute Gasteiger partial charge is 0.524 e. The molecule has 0 aromatic heterocycles. The summed E-state index contributed by atoms with van der Waals surface area (Å²) in [5.74, 6) is -0.326. The van der Waals surface area contributed by atoms with E-state index in [9.17, 15) is 22.8 Å². The van der Waals surface area contributed by atoms with Crippen LogP contribution in [0.4, 0.5) is 18.0 Å². The van der Waals surface area contributed by atoms with Crippen LogP contribution in [0.25, 0.3) is 5.57 Å². The summed E-state index contributed by atoms with van der Waals surface area (Å²) in [6, 6.07) is 14.8. The van der Waals surface area contributed by atoms with Gasteiger partial charge in [0.05, 0.1) is 13.0 Å². The van der Waals surface area contributed by atoms with Crippen molar-refractivity contribution in [3.63, 3.8) is 0 Å². The molecule has 2 aromatic carbocycles. The molecule has 0 saturated heterocycles. The Kier molecular flexibility index (Phi) is 8.81. The lowest BCUT2D eigenvalue weighted by Gasteiger charge is -2.35. The number of carbonyl (C=O) groups excluding carboxylic acids is 2. The number of alkyl halides is 4. The van der Waals surface area contributed by atoms with Crippen LogP contribution in [0.5, 0.6) is 0 Å². The van der Waals surface area contributed by atoms with E-state index in [4.69, 9.17) is 16.3 Å². The topological polar surface area (TPSA) is 76.7 Å². The Hall–Kier alpha value is -3.30. The molecule has 192 valence electrons. The second kappa shape index (κ2) is 11.6. The molecule has 0 bridgehead atoms. The Morgan fingerprint density at radius 2 is 1.69 bits per heavy atom. The molecular formula is C26H26ClF3N2O4. The molecule has 2 amide bonds. The van der Waals surface area contributed by atoms with Gasteiger partial charge in [0.25, 0.3) is 0 Å². The van der Waals surface area contributed by atoms with Gasteiger partial charge in [-0.05, 0) is 42.2 Å². The number of carbonyl (C=O) groups is 2. The number of ether oxygens (including phenoxy) is 2. The molecular weight excluding hydrogens is 497 g/mol. The van der Waals surface area contributed by atoms with Crippen molar-refractivity contribution in [2.45, 2.75) is 44.7 Å². The van der Waals surface area contributed by atoms with E-state index in [1.165, 1.54) is 0 Å². The third-order valence-corrected chi connectivity index (χ3v) is 5.72. The Morgan fingerprint density at radius 1 is 1.06 bits per heavy atom. The highest BCUT2D eigenvalue weighted by Gasteiger charge is 2.48. The average molecular weight is 523 g/mol. The highest BCUT2D eigenvalue weighted by molar-refractivity contribution is 6.30. The number of benzene rings is 2. The van der Waals surface area contributed by atoms with Crippen LogP contribution >= 0.6 is 11.6 Å². The van der Waals surface area contributed by atoms with E-state index in [2.05, 4.69) is 15.4 Å². The van der Waals surface area contributed by atoms with Gasteiger partial charge in [-0.15, -0.1) is 13.2 Å². The van der Waals surface area contributed by atoms with Gasteiger partial charge in [-0.2, -0.15) is 0 Å². The predicted octanol–water partition coefficient (Wildman–Crippen LogP) is 5.82. The van der Waals surface area contributed by atoms with Gasteiger partial charge in [0.1, 0.15) is 0 Å². The summed E-state index contributed by atoms with van der Waals surface area (Å²) >= 11 is 6.43. The molecule has 3 rings (SSSR count). The molecule has 1 atom stereocenters. The first-order chi connectivity index (χ1) is 17.0. The van der Waals surface area contributed by atoms with Crippen LogP contribution in [0.1, 0.15) is 37.0 Å². The van der Waals surface area contributed by atoms with Crippen LogP contribution in [0, 0.1) is 0 Å². The molecule has 6 nitrogen and oxygen atoms in total. The van der Waals surface area contributed by atoms with Crippen LogP contribution in [0.3, 0.4) is 0 Å². The molecule has 0 spiro atoms. The number of amides is 2. The molecule has 1 unspecified atom stereocenters. The number of halogens is 4. The van der Waals surface area contributed by atoms with E-state index in [1.54, 1.807) is 74.5 Å². The van der Waals surface area contributed by atoms with E-state index in [0.29, 0.717) is 17.7 Å². The average Bonchev–Trinajstić information content (AvgIpc) is 2.77. The fraction of sp³-hybridized carbons (Fsp3) is 0.308. The SMILES string of the molecule is CCOC(=O)Cc1ccc(CNC(=O)NC2=CC(C)=C(c3ccccc3)C(Cl)(OC(F)(F)F)C2)cc1. The highest BCUT2D eigenvalue weighted by Crippen LogP contribution is 2.47. The number of nitrogens with one attached hydrogen (secondary N) is 2. The summed E-state index contributed by atoms with van der Waals surface area (Å²) in [7, 11) is 0. The quantitative estimate of drug-likeness (QED) is 0.338. The zero-order valence-electron chi connectivity index (χ0n) is 19.7. The number of rotatable bonds is 8. The van der Waals surface area contributed by atoms with Gasteiger partial charge in [0.15, 0.2) is 5.06 Å². The van der Waals surface area contributed by atoms with Gasteiger partial charge in [-0.1, -0.05) is 66.2 Å². The zero-order chi connectivity index (χ0) is 26.3. The minimum absolute atomic E-state index is 0.147. The van der Waals surface area contributed by atoms with Gasteiger partial charge in [0, 0.05) is 24.2 Å². The number of allylic oxidation sites excluding steroid dienone is 2. The first-order valence-electron chi connectivity index (χ1n) is 11.2. The first kappa shape index (κ1) is 27.3. The van der Waals surface area contributed by atoms with E-state index >= 15 is 0 Å². The van der Waals surface area contributed by atoms with Crippen molar-refractivity contribution in [3.8, 4) is 0 Å². The van der Waals surface area contributed by atoms with E-state index in [-0.39, 0.29) is 30.2 Å². The third-order valence-electron chi connectivity index (χ3n) is 5.32. The molecule has 1 aliphatic rings. The summed E-state index contributed by atoms with van der Waals surface area (Å²) < 4.78 is 49.1. The molecule has 0 radical (unpaired) electrons. The molecule has 0 aliphatic heterocycles. The fourth-order valence-corrected chi connectivity index (χ4v) is 4.43. The van der Waals surface area contributed by atoms with Crippen molar-refractivity contribution in [1.29, 1.82) is 0 Å². The van der Waals surface area contributed by atoms with Crippen molar-refractivity contribution in [2.24, 2.45) is 0 Å². The summed E-state index contributed by atoms with van der Waals surface area (Å²) in [4.78, 5) is 24.0. The highest BCUT2D eigenvalue weighted by atomic mass is 35.5. The number of hydrogen-bond donors (Lipinski definition) is 2. The summed E-state index contributed by atoms with van der Waals surface area (Å²) in [6.07, 6.45) is -3.68. The number of hydrogen-bond acceptors (Lipinski definition) is 4. The van der Waals surface area contributed by atoms with Crippen molar-refractivity contribution >= 4 is 29.2 Å². The van der Waals surface area contributed by atoms with Crippen LogP contribution in [0.2, 0.25) is 0 Å². The molecule has 2 aromatic rings. The minimum Gasteiger partial charge on any atom is -0.466 e. The standard InChI is InChI=1S/C26H26ClF3N2O4/c1-3-35-22(33)14-18-9-11-19(12-10-18)16-31-24(34)32-21-13-17(2)23(20-7-5-4-6-8-20)25(27,15-21)36-26(28,29)30/h4-13H,3,14-16H2,1-2H3,(H2,31,32,34). The second-order valence-electron chi connectivity index (χ2n) is 8.15. The first-order valence-corrected chi connectivity index (χ1v) is 11.6. The number of urea groups is 1. The molecule has 2 N–H and O–H groups in total. The van der Waals surface area contributed by atoms with Gasteiger partial charge in [-0.3, -0.25) is 9.53 Å². The molecule has 0 fully saturated rings. The number of esters is 1. The van der Waals surface area contributed by atoms with E-state index in [1.807, 2.05) is 0 Å². The van der Waals surface area contributed by atoms with Crippen LogP contribution in [-0.4, -0.2) is 30.0 Å². The Bertz CT molecular complexity index is 1150. The zero-order valence-corrected chi connectivity index (χ0v) is 20.5. The molecule has 1 aliphatic carbocycles. The molecule has 0 saturated carbocycles. The summed E-state index contributed by atoms with van der Waals surface area (Å²) in [5.41, 5.74) is 2.81. The maximum absolute atomic E-state index is 13.3. The third kappa shape index (κ3) is 7.60. The fourth-order valence-electron chi connectivity index (χ4n) is 3.94. The van der Waals surface area contributed by atoms with Gasteiger partial charge in [0.2, 0.25) is 0 Å². The van der Waals surface area contributed by atoms with E-state index < -0.39 is 23.9 Å². The Morgan fingerprint density at radius 3 is 2.31 bits per heavy atom. The molecule has 10 heteroatoms. The van der Waals surface area contributed by atoms with Gasteiger partial charge < -0.3 is 15.4 Å². The monoisotopic (exact) mass is 522 g/mol. The van der Waals surface area contributed by atoms with Gasteiger partial charge in [-0.25, -0.2) is 4.79 Å². The summed E-state index contributed by atoms with van der Waals surface area (Å²) in [6.45, 7) is 3.81. The normalized spacial score (nSPS) is 17.9. The van der Waals surface area contributed by atoms with Crippen molar-refractivity contribution in [1.82, 2.24) is 10.6 Å². The Balaban J connectivity index is 1.68. The minimum atomic E-state index is -4.99. The lowest BCUT2D eigenvalue weighted by atomic mass is 9.87. The lowest BCUT2D eigenvalue weighted by Crippen LogP contribution is -2.41. The smallest absolute Gasteiger partial charge is 0.466 e. The van der Waals surface area contributed by atoms with Crippen LogP contribution in [0.15, 0.2) is 71.9 Å².